The van der Waals surface area contributed by atoms with E-state index in [9.17, 15) is 8.42 Å². The molecule has 0 fully saturated rings. The lowest BCUT2D eigenvalue weighted by atomic mass is 10.5. The number of hydrogen-bond donors (Lipinski definition) is 2. The second-order valence-electron chi connectivity index (χ2n) is 1.95. The molecule has 62 valence electrons. The van der Waals surface area contributed by atoms with Gasteiger partial charge in [0, 0.05) is 11.4 Å². The zero-order chi connectivity index (χ0) is 8.32. The van der Waals surface area contributed by atoms with Gasteiger partial charge in [0.05, 0.1) is 0 Å². The maximum atomic E-state index is 10.4. The van der Waals surface area contributed by atoms with Gasteiger partial charge in [-0.15, -0.1) is 11.3 Å². The number of thiophene rings is 1. The standard InChI is InChI=1S/C5H8N2O2S2/c6-11(8,9)7-4-5-2-1-3-10-5/h1-3,7H,4H2,(H2,6,8,9). The molecule has 1 heterocycles. The molecule has 0 aromatic carbocycles. The molecular weight excluding hydrogens is 184 g/mol. The Morgan fingerprint density at radius 2 is 2.36 bits per heavy atom. The minimum Gasteiger partial charge on any atom is -0.216 e. The Kier molecular flexibility index (Phi) is 2.61. The summed E-state index contributed by atoms with van der Waals surface area (Å²) < 4.78 is 23.0. The highest BCUT2D eigenvalue weighted by atomic mass is 32.2. The van der Waals surface area contributed by atoms with Crippen LogP contribution in [0.5, 0.6) is 0 Å². The summed E-state index contributed by atoms with van der Waals surface area (Å²) in [5.41, 5.74) is 0. The molecule has 0 aliphatic carbocycles. The van der Waals surface area contributed by atoms with Crippen molar-refractivity contribution in [1.29, 1.82) is 0 Å². The van der Waals surface area contributed by atoms with E-state index in [0.29, 0.717) is 0 Å². The predicted molar refractivity (Wildman–Crippen MR) is 44.3 cm³/mol. The van der Waals surface area contributed by atoms with Crippen molar-refractivity contribution in [3.63, 3.8) is 0 Å². The summed E-state index contributed by atoms with van der Waals surface area (Å²) in [7, 11) is -3.54. The summed E-state index contributed by atoms with van der Waals surface area (Å²) in [6.45, 7) is 0.274. The topological polar surface area (TPSA) is 72.2 Å². The molecule has 4 nitrogen and oxygen atoms in total. The van der Waals surface area contributed by atoms with Crippen LogP contribution in [-0.2, 0) is 16.8 Å². The molecule has 3 N–H and O–H groups in total. The molecule has 1 aromatic heterocycles. The van der Waals surface area contributed by atoms with Crippen LogP contribution >= 0.6 is 11.3 Å². The molecule has 0 saturated carbocycles. The SMILES string of the molecule is NS(=O)(=O)NCc1cccs1. The van der Waals surface area contributed by atoms with Crippen LogP contribution in [0.1, 0.15) is 4.88 Å². The normalized spacial score (nSPS) is 11.7. The monoisotopic (exact) mass is 192 g/mol. The van der Waals surface area contributed by atoms with Crippen molar-refractivity contribution < 1.29 is 8.42 Å². The van der Waals surface area contributed by atoms with E-state index in [1.807, 2.05) is 17.5 Å². The highest BCUT2D eigenvalue weighted by molar-refractivity contribution is 7.87. The van der Waals surface area contributed by atoms with Crippen molar-refractivity contribution in [2.75, 3.05) is 0 Å². The number of rotatable bonds is 3. The molecular formula is C5H8N2O2S2. The fourth-order valence-electron chi connectivity index (χ4n) is 0.585. The lowest BCUT2D eigenvalue weighted by Crippen LogP contribution is -2.29. The van der Waals surface area contributed by atoms with Crippen molar-refractivity contribution in [3.05, 3.63) is 22.4 Å². The summed E-state index contributed by atoms with van der Waals surface area (Å²) in [4.78, 5) is 0.944. The summed E-state index contributed by atoms with van der Waals surface area (Å²) in [6, 6.07) is 3.69. The highest BCUT2D eigenvalue weighted by Gasteiger charge is 2.00. The maximum Gasteiger partial charge on any atom is 0.274 e. The maximum absolute atomic E-state index is 10.4. The highest BCUT2D eigenvalue weighted by Crippen LogP contribution is 2.07. The van der Waals surface area contributed by atoms with E-state index >= 15 is 0 Å². The summed E-state index contributed by atoms with van der Waals surface area (Å²) in [5.74, 6) is 0. The van der Waals surface area contributed by atoms with Crippen molar-refractivity contribution in [2.45, 2.75) is 6.54 Å². The van der Waals surface area contributed by atoms with Gasteiger partial charge in [-0.1, -0.05) is 6.07 Å². The van der Waals surface area contributed by atoms with Gasteiger partial charge < -0.3 is 0 Å². The minimum atomic E-state index is -3.54. The molecule has 0 bridgehead atoms. The Labute approximate surface area is 69.2 Å². The van der Waals surface area contributed by atoms with E-state index in [1.165, 1.54) is 11.3 Å². The minimum absolute atomic E-state index is 0.274. The third-order valence-corrected chi connectivity index (χ3v) is 2.45. The van der Waals surface area contributed by atoms with Gasteiger partial charge in [0.15, 0.2) is 0 Å². The average Bonchev–Trinajstić information content (AvgIpc) is 2.32. The molecule has 0 atom stereocenters. The first-order valence-corrected chi connectivity index (χ1v) is 5.30. The number of nitrogens with one attached hydrogen (secondary N) is 1. The third-order valence-electron chi connectivity index (χ3n) is 1.03. The summed E-state index contributed by atoms with van der Waals surface area (Å²) >= 11 is 1.48. The fraction of sp³-hybridized carbons (Fsp3) is 0.200. The zero-order valence-electron chi connectivity index (χ0n) is 5.65. The Morgan fingerprint density at radius 1 is 1.64 bits per heavy atom. The number of nitrogens with two attached hydrogens (primary N) is 1. The molecule has 1 aromatic rings. The third kappa shape index (κ3) is 3.47. The average molecular weight is 192 g/mol. The van der Waals surface area contributed by atoms with Crippen LogP contribution in [0.25, 0.3) is 0 Å². The first kappa shape index (κ1) is 8.66. The van der Waals surface area contributed by atoms with Crippen LogP contribution in [-0.4, -0.2) is 8.42 Å². The zero-order valence-corrected chi connectivity index (χ0v) is 7.28. The van der Waals surface area contributed by atoms with Crippen LogP contribution in [0.2, 0.25) is 0 Å². The fourth-order valence-corrected chi connectivity index (χ4v) is 1.68. The summed E-state index contributed by atoms with van der Waals surface area (Å²) in [5, 5.41) is 6.59. The smallest absolute Gasteiger partial charge is 0.216 e. The lowest BCUT2D eigenvalue weighted by molar-refractivity contribution is 0.583. The van der Waals surface area contributed by atoms with Crippen LogP contribution in [0, 0.1) is 0 Å². The largest absolute Gasteiger partial charge is 0.274 e. The van der Waals surface area contributed by atoms with Gasteiger partial charge in [-0.25, -0.2) is 5.14 Å². The number of hydrogen-bond acceptors (Lipinski definition) is 3. The van der Waals surface area contributed by atoms with Gasteiger partial charge in [-0.05, 0) is 11.4 Å². The Balaban J connectivity index is 2.48. The van der Waals surface area contributed by atoms with Crippen molar-refractivity contribution in [3.8, 4) is 0 Å². The lowest BCUT2D eigenvalue weighted by Gasteiger charge is -1.97. The van der Waals surface area contributed by atoms with Gasteiger partial charge in [0.25, 0.3) is 10.2 Å². The molecule has 11 heavy (non-hydrogen) atoms. The van der Waals surface area contributed by atoms with Gasteiger partial charge >= 0.3 is 0 Å². The van der Waals surface area contributed by atoms with E-state index in [-0.39, 0.29) is 6.54 Å². The summed E-state index contributed by atoms with van der Waals surface area (Å²) in [6.07, 6.45) is 0. The van der Waals surface area contributed by atoms with Crippen LogP contribution in [0.15, 0.2) is 17.5 Å². The Bertz CT molecular complexity index is 303. The van der Waals surface area contributed by atoms with E-state index in [2.05, 4.69) is 4.72 Å². The van der Waals surface area contributed by atoms with Crippen LogP contribution in [0.3, 0.4) is 0 Å². The van der Waals surface area contributed by atoms with Gasteiger partial charge in [-0.3, -0.25) is 0 Å². The van der Waals surface area contributed by atoms with Crippen LogP contribution < -0.4 is 9.86 Å². The predicted octanol–water partition coefficient (Wildman–Crippen LogP) is 0.0412. The van der Waals surface area contributed by atoms with E-state index in [0.717, 1.165) is 4.88 Å². The van der Waals surface area contributed by atoms with Crippen molar-refractivity contribution >= 4 is 21.5 Å². The van der Waals surface area contributed by atoms with Crippen molar-refractivity contribution in [1.82, 2.24) is 4.72 Å². The second kappa shape index (κ2) is 3.31. The molecule has 0 aliphatic heterocycles. The van der Waals surface area contributed by atoms with Crippen molar-refractivity contribution in [2.24, 2.45) is 5.14 Å². The molecule has 0 saturated heterocycles. The molecule has 0 spiro atoms. The molecule has 0 unspecified atom stereocenters. The second-order valence-corrected chi connectivity index (χ2v) is 4.36. The molecule has 0 amide bonds. The van der Waals surface area contributed by atoms with E-state index in [4.69, 9.17) is 5.14 Å². The quantitative estimate of drug-likeness (QED) is 0.709. The molecule has 0 radical (unpaired) electrons. The van der Waals surface area contributed by atoms with Gasteiger partial charge in [0.1, 0.15) is 0 Å². The van der Waals surface area contributed by atoms with E-state index in [1.54, 1.807) is 0 Å². The molecule has 6 heteroatoms. The van der Waals surface area contributed by atoms with Crippen LogP contribution in [0.4, 0.5) is 0 Å². The first-order chi connectivity index (χ1) is 5.08. The van der Waals surface area contributed by atoms with E-state index < -0.39 is 10.2 Å². The van der Waals surface area contributed by atoms with Gasteiger partial charge in [-0.2, -0.15) is 13.1 Å². The Morgan fingerprint density at radius 3 is 2.82 bits per heavy atom. The Hall–Kier alpha value is -0.430. The van der Waals surface area contributed by atoms with Gasteiger partial charge in [0.2, 0.25) is 0 Å². The first-order valence-electron chi connectivity index (χ1n) is 2.88. The molecule has 1 rings (SSSR count). The molecule has 0 aliphatic rings.